The van der Waals surface area contributed by atoms with Gasteiger partial charge < -0.3 is 5.32 Å². The van der Waals surface area contributed by atoms with Crippen molar-refractivity contribution in [3.8, 4) is 0 Å². The molecule has 1 fully saturated rings. The first-order valence-corrected chi connectivity index (χ1v) is 8.73. The molecule has 1 N–H and O–H groups in total. The lowest BCUT2D eigenvalue weighted by Gasteiger charge is -2.29. The molecule has 136 valence electrons. The van der Waals surface area contributed by atoms with Gasteiger partial charge in [-0.2, -0.15) is 15.2 Å². The molecule has 1 aliphatic carbocycles. The topological polar surface area (TPSA) is 99.6 Å². The van der Waals surface area contributed by atoms with Crippen molar-refractivity contribution in [2.45, 2.75) is 37.8 Å². The van der Waals surface area contributed by atoms with E-state index in [1.165, 1.54) is 4.57 Å². The van der Waals surface area contributed by atoms with Crippen LogP contribution >= 0.6 is 0 Å². The number of fused-ring (bicyclic) bond motifs is 1. The summed E-state index contributed by atoms with van der Waals surface area (Å²) in [4.78, 5) is 28.9. The first-order chi connectivity index (χ1) is 12.5. The molecule has 0 aliphatic heterocycles. The van der Waals surface area contributed by atoms with E-state index in [1.807, 2.05) is 0 Å². The van der Waals surface area contributed by atoms with E-state index in [9.17, 15) is 9.59 Å². The molecule has 0 amide bonds. The van der Waals surface area contributed by atoms with Crippen molar-refractivity contribution in [3.05, 3.63) is 45.2 Å². The third-order valence-corrected chi connectivity index (χ3v) is 4.99. The molecule has 3 heterocycles. The van der Waals surface area contributed by atoms with Gasteiger partial charge in [-0.1, -0.05) is 0 Å². The number of nitrogens with zero attached hydrogens (tertiary/aromatic N) is 6. The molecule has 0 spiro atoms. The zero-order valence-corrected chi connectivity index (χ0v) is 14.8. The maximum atomic E-state index is 12.5. The van der Waals surface area contributed by atoms with Crippen LogP contribution in [0.4, 0.5) is 5.95 Å². The molecule has 26 heavy (non-hydrogen) atoms. The first-order valence-electron chi connectivity index (χ1n) is 8.73. The number of hydrogen-bond acceptors (Lipinski definition) is 6. The molecule has 1 aliphatic rings. The molecule has 3 aromatic rings. The summed E-state index contributed by atoms with van der Waals surface area (Å²) in [6.45, 7) is 0. The van der Waals surface area contributed by atoms with Crippen LogP contribution in [0.25, 0.3) is 11.0 Å². The average Bonchev–Trinajstić information content (AvgIpc) is 3.01. The van der Waals surface area contributed by atoms with Crippen molar-refractivity contribution >= 4 is 17.0 Å². The number of anilines is 1. The molecule has 0 saturated heterocycles. The Hall–Kier alpha value is -2.97. The third-order valence-electron chi connectivity index (χ3n) is 4.99. The number of nitrogens with one attached hydrogen (secondary N) is 1. The number of aryl methyl sites for hydroxylation is 1. The largest absolute Gasteiger partial charge is 0.353 e. The van der Waals surface area contributed by atoms with Crippen molar-refractivity contribution in [1.82, 2.24) is 29.1 Å². The molecule has 0 radical (unpaired) electrons. The average molecular weight is 355 g/mol. The van der Waals surface area contributed by atoms with Crippen molar-refractivity contribution in [2.24, 2.45) is 14.1 Å². The highest BCUT2D eigenvalue weighted by atomic mass is 16.1. The summed E-state index contributed by atoms with van der Waals surface area (Å²) in [5, 5.41) is 12.3. The van der Waals surface area contributed by atoms with Crippen LogP contribution in [0.3, 0.4) is 0 Å². The van der Waals surface area contributed by atoms with Crippen molar-refractivity contribution in [1.29, 1.82) is 0 Å². The summed E-state index contributed by atoms with van der Waals surface area (Å²) >= 11 is 0. The second-order valence-electron chi connectivity index (χ2n) is 6.80. The summed E-state index contributed by atoms with van der Waals surface area (Å²) in [6, 6.07) is 3.52. The lowest BCUT2D eigenvalue weighted by Crippen LogP contribution is -2.34. The molecular formula is C17H21N7O2. The summed E-state index contributed by atoms with van der Waals surface area (Å²) in [6.07, 6.45) is 6.80. The highest BCUT2D eigenvalue weighted by molar-refractivity contribution is 5.74. The fourth-order valence-electron chi connectivity index (χ4n) is 3.58. The van der Waals surface area contributed by atoms with E-state index in [0.29, 0.717) is 17.0 Å². The van der Waals surface area contributed by atoms with Gasteiger partial charge in [0.05, 0.1) is 6.04 Å². The van der Waals surface area contributed by atoms with Gasteiger partial charge >= 0.3 is 0 Å². The Morgan fingerprint density at radius 3 is 2.65 bits per heavy atom. The minimum atomic E-state index is -0.112. The molecule has 9 nitrogen and oxygen atoms in total. The monoisotopic (exact) mass is 355 g/mol. The highest BCUT2D eigenvalue weighted by Gasteiger charge is 2.24. The quantitative estimate of drug-likeness (QED) is 0.747. The predicted molar refractivity (Wildman–Crippen MR) is 97.2 cm³/mol. The van der Waals surface area contributed by atoms with Crippen LogP contribution in [0.2, 0.25) is 0 Å². The SMILES string of the molecule is Cn1cc2c(=O)n(C)c(NC3CCC(n4ncccc4=O)CC3)nc2n1. The Morgan fingerprint density at radius 2 is 1.92 bits per heavy atom. The van der Waals surface area contributed by atoms with E-state index in [2.05, 4.69) is 20.5 Å². The molecule has 0 bridgehead atoms. The molecule has 9 heteroatoms. The maximum Gasteiger partial charge on any atom is 0.266 e. The Bertz CT molecular complexity index is 1060. The summed E-state index contributed by atoms with van der Waals surface area (Å²) < 4.78 is 4.70. The molecule has 3 aromatic heterocycles. The van der Waals surface area contributed by atoms with Crippen LogP contribution in [0, 0.1) is 0 Å². The van der Waals surface area contributed by atoms with Gasteiger partial charge in [-0.3, -0.25) is 18.8 Å². The molecule has 0 unspecified atom stereocenters. The Kier molecular flexibility index (Phi) is 4.06. The number of aromatic nitrogens is 6. The van der Waals surface area contributed by atoms with Crippen molar-refractivity contribution in [2.75, 3.05) is 5.32 Å². The van der Waals surface area contributed by atoms with Gasteiger partial charge in [0.1, 0.15) is 5.39 Å². The normalized spacial score (nSPS) is 20.4. The Labute approximate surface area is 149 Å². The smallest absolute Gasteiger partial charge is 0.266 e. The predicted octanol–water partition coefficient (Wildman–Crippen LogP) is 0.819. The Balaban J connectivity index is 1.50. The number of hydrogen-bond donors (Lipinski definition) is 1. The van der Waals surface area contributed by atoms with Crippen LogP contribution in [0.1, 0.15) is 31.7 Å². The van der Waals surface area contributed by atoms with Gasteiger partial charge in [0.25, 0.3) is 11.1 Å². The van der Waals surface area contributed by atoms with Crippen molar-refractivity contribution < 1.29 is 0 Å². The van der Waals surface area contributed by atoms with Crippen molar-refractivity contribution in [3.63, 3.8) is 0 Å². The van der Waals surface area contributed by atoms with Gasteiger partial charge in [-0.25, -0.2) is 4.68 Å². The number of rotatable bonds is 3. The fraction of sp³-hybridized carbons (Fsp3) is 0.471. The minimum absolute atomic E-state index is 0.0615. The first kappa shape index (κ1) is 16.5. The highest BCUT2D eigenvalue weighted by Crippen LogP contribution is 2.28. The van der Waals surface area contributed by atoms with Crippen LogP contribution in [-0.4, -0.2) is 35.2 Å². The summed E-state index contributed by atoms with van der Waals surface area (Å²) in [5.41, 5.74) is 0.278. The van der Waals surface area contributed by atoms with E-state index < -0.39 is 0 Å². The van der Waals surface area contributed by atoms with E-state index >= 15 is 0 Å². The van der Waals surface area contributed by atoms with E-state index in [-0.39, 0.29) is 23.2 Å². The molecule has 1 saturated carbocycles. The third kappa shape index (κ3) is 2.89. The zero-order chi connectivity index (χ0) is 18.3. The van der Waals surface area contributed by atoms with Gasteiger partial charge in [0.15, 0.2) is 5.65 Å². The molecule has 0 aromatic carbocycles. The van der Waals surface area contributed by atoms with Crippen LogP contribution in [-0.2, 0) is 14.1 Å². The van der Waals surface area contributed by atoms with E-state index in [1.54, 1.807) is 48.0 Å². The minimum Gasteiger partial charge on any atom is -0.353 e. The maximum absolute atomic E-state index is 12.5. The summed E-state index contributed by atoms with van der Waals surface area (Å²) in [7, 11) is 3.48. The molecule has 0 atom stereocenters. The molecular weight excluding hydrogens is 334 g/mol. The lowest BCUT2D eigenvalue weighted by atomic mass is 9.91. The van der Waals surface area contributed by atoms with E-state index in [4.69, 9.17) is 0 Å². The van der Waals surface area contributed by atoms with Crippen LogP contribution in [0.15, 0.2) is 34.1 Å². The van der Waals surface area contributed by atoms with Gasteiger partial charge in [0.2, 0.25) is 5.95 Å². The second kappa shape index (κ2) is 6.40. The Morgan fingerprint density at radius 1 is 1.15 bits per heavy atom. The fourth-order valence-corrected chi connectivity index (χ4v) is 3.58. The molecule has 4 rings (SSSR count). The van der Waals surface area contributed by atoms with Gasteiger partial charge in [-0.05, 0) is 31.7 Å². The standard InChI is InChI=1S/C17H21N7O2/c1-22-10-13-15(21-22)20-17(23(2)16(13)26)19-11-5-7-12(8-6-11)24-14(25)4-3-9-18-24/h3-4,9-12H,5-8H2,1-2H3,(H,19,20,21). The zero-order valence-electron chi connectivity index (χ0n) is 14.8. The second-order valence-corrected chi connectivity index (χ2v) is 6.80. The van der Waals surface area contributed by atoms with Crippen LogP contribution in [0.5, 0.6) is 0 Å². The van der Waals surface area contributed by atoms with Crippen LogP contribution < -0.4 is 16.4 Å². The van der Waals surface area contributed by atoms with E-state index in [0.717, 1.165) is 25.7 Å². The van der Waals surface area contributed by atoms with Gasteiger partial charge in [-0.15, -0.1) is 0 Å². The summed E-state index contributed by atoms with van der Waals surface area (Å²) in [5.74, 6) is 0.527. The lowest BCUT2D eigenvalue weighted by molar-refractivity contribution is 0.303. The van der Waals surface area contributed by atoms with Gasteiger partial charge in [0, 0.05) is 38.6 Å².